The lowest BCUT2D eigenvalue weighted by atomic mass is 9.75. The van der Waals surface area contributed by atoms with Crippen LogP contribution >= 0.6 is 23.4 Å². The first-order chi connectivity index (χ1) is 9.06. The number of thioether (sulfide) groups is 1. The highest BCUT2D eigenvalue weighted by Gasteiger charge is 2.33. The van der Waals surface area contributed by atoms with Crippen LogP contribution in [0.4, 0.5) is 0 Å². The molecule has 1 saturated heterocycles. The fourth-order valence-corrected chi connectivity index (χ4v) is 4.13. The Hall–Kier alpha value is 0.520. The normalized spacial score (nSPS) is 39.9. The average Bonchev–Trinajstić information content (AvgIpc) is 2.75. The summed E-state index contributed by atoms with van der Waals surface area (Å²) in [6.45, 7) is 7.29. The van der Waals surface area contributed by atoms with Crippen molar-refractivity contribution < 1.29 is 14.5 Å². The van der Waals surface area contributed by atoms with E-state index in [0.29, 0.717) is 18.4 Å². The predicted octanol–water partition coefficient (Wildman–Crippen LogP) is 4.05. The van der Waals surface area contributed by atoms with Crippen LogP contribution in [-0.2, 0) is 14.5 Å². The minimum atomic E-state index is -0.184. The lowest BCUT2D eigenvalue weighted by molar-refractivity contribution is -0.346. The van der Waals surface area contributed by atoms with Crippen molar-refractivity contribution >= 4 is 23.4 Å². The van der Waals surface area contributed by atoms with Crippen molar-refractivity contribution in [2.75, 3.05) is 12.4 Å². The van der Waals surface area contributed by atoms with Crippen LogP contribution < -0.4 is 0 Å². The summed E-state index contributed by atoms with van der Waals surface area (Å²) in [5.74, 6) is 2.80. The molecule has 2 rings (SSSR count). The molecule has 1 saturated carbocycles. The molecule has 5 heteroatoms. The van der Waals surface area contributed by atoms with Gasteiger partial charge in [0.05, 0.1) is 6.10 Å². The molecule has 0 aromatic heterocycles. The molecule has 1 heterocycles. The molecule has 0 aromatic rings. The monoisotopic (exact) mass is 308 g/mol. The topological polar surface area (TPSA) is 27.7 Å². The van der Waals surface area contributed by atoms with E-state index in [1.54, 1.807) is 11.8 Å². The van der Waals surface area contributed by atoms with Crippen molar-refractivity contribution in [2.24, 2.45) is 17.8 Å². The van der Waals surface area contributed by atoms with Gasteiger partial charge >= 0.3 is 0 Å². The van der Waals surface area contributed by atoms with Gasteiger partial charge in [-0.2, -0.15) is 0 Å². The van der Waals surface area contributed by atoms with E-state index in [0.717, 1.165) is 18.1 Å². The molecule has 0 bridgehead atoms. The van der Waals surface area contributed by atoms with Crippen molar-refractivity contribution in [3.63, 3.8) is 0 Å². The van der Waals surface area contributed by atoms with Gasteiger partial charge in [-0.15, -0.1) is 11.8 Å². The molecule has 1 aliphatic heterocycles. The second-order valence-electron chi connectivity index (χ2n) is 6.05. The Balaban J connectivity index is 1.73. The maximum atomic E-state index is 5.88. The van der Waals surface area contributed by atoms with Crippen molar-refractivity contribution in [1.29, 1.82) is 0 Å². The molecule has 19 heavy (non-hydrogen) atoms. The molecule has 5 atom stereocenters. The highest BCUT2D eigenvalue weighted by atomic mass is 35.5. The first-order valence-electron chi connectivity index (χ1n) is 7.25. The van der Waals surface area contributed by atoms with Crippen LogP contribution in [0.5, 0.6) is 0 Å². The van der Waals surface area contributed by atoms with Crippen LogP contribution in [0.15, 0.2) is 0 Å². The van der Waals surface area contributed by atoms with Crippen LogP contribution in [0, 0.1) is 17.8 Å². The Morgan fingerprint density at radius 1 is 1.37 bits per heavy atom. The van der Waals surface area contributed by atoms with Crippen molar-refractivity contribution in [3.05, 3.63) is 0 Å². The largest absolute Gasteiger partial charge is 0.345 e. The Bertz CT molecular complexity index is 277. The van der Waals surface area contributed by atoms with Gasteiger partial charge in [0, 0.05) is 5.75 Å². The minimum Gasteiger partial charge on any atom is -0.345 e. The summed E-state index contributed by atoms with van der Waals surface area (Å²) < 4.78 is 5.47. The quantitative estimate of drug-likeness (QED) is 0.435. The van der Waals surface area contributed by atoms with E-state index in [2.05, 4.69) is 20.8 Å². The molecule has 3 nitrogen and oxygen atoms in total. The summed E-state index contributed by atoms with van der Waals surface area (Å²) in [5.41, 5.74) is -0.169. The number of halogens is 1. The molecule has 112 valence electrons. The first kappa shape index (κ1) is 15.9. The van der Waals surface area contributed by atoms with Gasteiger partial charge in [0.15, 0.2) is 0 Å². The molecule has 0 amide bonds. The molecule has 2 fully saturated rings. The van der Waals surface area contributed by atoms with E-state index < -0.39 is 0 Å². The van der Waals surface area contributed by atoms with Crippen LogP contribution in [0.25, 0.3) is 0 Å². The number of hydrogen-bond donors (Lipinski definition) is 0. The summed E-state index contributed by atoms with van der Waals surface area (Å²) in [6, 6.07) is 0. The minimum absolute atomic E-state index is 0.0148. The summed E-state index contributed by atoms with van der Waals surface area (Å²) in [6.07, 6.45) is 3.87. The molecular formula is C14H25ClO3S. The molecule has 2 unspecified atom stereocenters. The molecule has 0 N–H and O–H groups in total. The number of alkyl halides is 1. The third-order valence-electron chi connectivity index (χ3n) is 4.07. The van der Waals surface area contributed by atoms with Crippen molar-refractivity contribution in [2.45, 2.75) is 57.1 Å². The maximum absolute atomic E-state index is 5.88. The third kappa shape index (κ3) is 4.78. The SMILES string of the molecule is CC(C)[C@@H]1CC[C@@H](C)CC1OOCC1O[C@@H](Cl)CS1. The van der Waals surface area contributed by atoms with Gasteiger partial charge in [0.1, 0.15) is 17.6 Å². The second kappa shape index (κ2) is 7.51. The van der Waals surface area contributed by atoms with E-state index in [1.807, 2.05) is 0 Å². The van der Waals surface area contributed by atoms with Crippen LogP contribution in [0.3, 0.4) is 0 Å². The lowest BCUT2D eigenvalue weighted by Crippen LogP contribution is -2.34. The summed E-state index contributed by atoms with van der Waals surface area (Å²) in [7, 11) is 0. The van der Waals surface area contributed by atoms with Crippen LogP contribution in [-0.4, -0.2) is 29.5 Å². The Morgan fingerprint density at radius 2 is 2.16 bits per heavy atom. The third-order valence-corrected chi connectivity index (χ3v) is 5.62. The fraction of sp³-hybridized carbons (Fsp3) is 1.00. The van der Waals surface area contributed by atoms with Gasteiger partial charge < -0.3 is 4.74 Å². The Labute approximate surface area is 125 Å². The van der Waals surface area contributed by atoms with E-state index in [4.69, 9.17) is 26.1 Å². The lowest BCUT2D eigenvalue weighted by Gasteiger charge is -2.36. The highest BCUT2D eigenvalue weighted by molar-refractivity contribution is 8.00. The van der Waals surface area contributed by atoms with Crippen LogP contribution in [0.2, 0.25) is 0 Å². The first-order valence-corrected chi connectivity index (χ1v) is 8.74. The van der Waals surface area contributed by atoms with Gasteiger partial charge in [0.2, 0.25) is 0 Å². The van der Waals surface area contributed by atoms with E-state index in [9.17, 15) is 0 Å². The molecule has 0 spiro atoms. The zero-order valence-electron chi connectivity index (χ0n) is 12.0. The van der Waals surface area contributed by atoms with Gasteiger partial charge in [-0.25, -0.2) is 9.78 Å². The molecule has 1 aliphatic carbocycles. The Morgan fingerprint density at radius 3 is 2.79 bits per heavy atom. The number of ether oxygens (including phenoxy) is 1. The standard InChI is InChI=1S/C14H25ClO3S/c1-9(2)11-5-4-10(3)6-12(11)18-16-7-14-17-13(15)8-19-14/h9-14H,4-8H2,1-3H3/t10-,11+,12?,13-,14?/m1/s1. The van der Waals surface area contributed by atoms with Crippen LogP contribution in [0.1, 0.15) is 40.0 Å². The summed E-state index contributed by atoms with van der Waals surface area (Å²) >= 11 is 7.56. The highest BCUT2D eigenvalue weighted by Crippen LogP contribution is 2.35. The summed E-state index contributed by atoms with van der Waals surface area (Å²) in [4.78, 5) is 11.1. The zero-order chi connectivity index (χ0) is 13.8. The smallest absolute Gasteiger partial charge is 0.141 e. The van der Waals surface area contributed by atoms with Gasteiger partial charge in [0.25, 0.3) is 0 Å². The zero-order valence-corrected chi connectivity index (χ0v) is 13.6. The van der Waals surface area contributed by atoms with E-state index in [1.165, 1.54) is 12.8 Å². The predicted molar refractivity (Wildman–Crippen MR) is 79.1 cm³/mol. The van der Waals surface area contributed by atoms with Crippen molar-refractivity contribution in [1.82, 2.24) is 0 Å². The van der Waals surface area contributed by atoms with Gasteiger partial charge in [-0.05, 0) is 30.6 Å². The molecule has 2 aliphatic rings. The molecular weight excluding hydrogens is 284 g/mol. The Kier molecular flexibility index (Phi) is 6.28. The second-order valence-corrected chi connectivity index (χ2v) is 7.73. The summed E-state index contributed by atoms with van der Waals surface area (Å²) in [5, 5.41) is 0. The van der Waals surface area contributed by atoms with E-state index >= 15 is 0 Å². The van der Waals surface area contributed by atoms with Gasteiger partial charge in [-0.3, -0.25) is 0 Å². The van der Waals surface area contributed by atoms with Gasteiger partial charge in [-0.1, -0.05) is 38.8 Å². The average molecular weight is 309 g/mol. The van der Waals surface area contributed by atoms with Crippen molar-refractivity contribution in [3.8, 4) is 0 Å². The number of hydrogen-bond acceptors (Lipinski definition) is 4. The number of rotatable bonds is 5. The van der Waals surface area contributed by atoms with E-state index in [-0.39, 0.29) is 17.1 Å². The maximum Gasteiger partial charge on any atom is 0.141 e. The molecule has 0 aromatic carbocycles. The fourth-order valence-electron chi connectivity index (χ4n) is 2.92. The molecule has 0 radical (unpaired) electrons.